The van der Waals surface area contributed by atoms with Gasteiger partial charge in [-0.05, 0) is 30.3 Å². The molecule has 0 saturated heterocycles. The van der Waals surface area contributed by atoms with Gasteiger partial charge in [-0.15, -0.1) is 0 Å². The van der Waals surface area contributed by atoms with E-state index in [1.54, 1.807) is 6.07 Å². The van der Waals surface area contributed by atoms with Gasteiger partial charge < -0.3 is 9.47 Å². The van der Waals surface area contributed by atoms with Crippen molar-refractivity contribution in [1.29, 1.82) is 0 Å². The number of hydrogen-bond donors (Lipinski definition) is 0. The Morgan fingerprint density at radius 1 is 0.781 bits per heavy atom. The van der Waals surface area contributed by atoms with Crippen molar-refractivity contribution >= 4 is 23.0 Å². The van der Waals surface area contributed by atoms with Gasteiger partial charge in [0, 0.05) is 12.1 Å². The van der Waals surface area contributed by atoms with Gasteiger partial charge in [0.25, 0.3) is 11.4 Å². The van der Waals surface area contributed by atoms with Gasteiger partial charge in [0.15, 0.2) is 0 Å². The minimum atomic E-state index is -0.826. The Kier molecular flexibility index (Phi) is 6.34. The fourth-order valence-corrected chi connectivity index (χ4v) is 2.70. The lowest BCUT2D eigenvalue weighted by molar-refractivity contribution is -0.394. The lowest BCUT2D eigenvalue weighted by atomic mass is 10.2. The topological polar surface area (TPSA) is 165 Å². The molecule has 0 spiro atoms. The lowest BCUT2D eigenvalue weighted by Gasteiger charge is -2.09. The van der Waals surface area contributed by atoms with Gasteiger partial charge >= 0.3 is 11.7 Å². The molecule has 0 fully saturated rings. The molecule has 3 rings (SSSR count). The van der Waals surface area contributed by atoms with Gasteiger partial charge in [0.05, 0.1) is 32.0 Å². The highest BCUT2D eigenvalue weighted by Crippen LogP contribution is 2.34. The van der Waals surface area contributed by atoms with Gasteiger partial charge in [-0.1, -0.05) is 18.2 Å². The van der Waals surface area contributed by atoms with Crippen LogP contribution in [0.15, 0.2) is 66.7 Å². The van der Waals surface area contributed by atoms with Crippen LogP contribution in [0, 0.1) is 30.3 Å². The first-order valence-electron chi connectivity index (χ1n) is 8.86. The molecule has 0 amide bonds. The largest absolute Gasteiger partial charge is 0.457 e. The van der Waals surface area contributed by atoms with E-state index in [9.17, 15) is 35.1 Å². The number of ether oxygens (including phenoxy) is 2. The van der Waals surface area contributed by atoms with Gasteiger partial charge in [-0.2, -0.15) is 0 Å². The number of benzene rings is 3. The molecule has 0 atom stereocenters. The number of carbonyl (C=O) groups is 1. The number of para-hydroxylation sites is 1. The van der Waals surface area contributed by atoms with Crippen molar-refractivity contribution in [2.24, 2.45) is 0 Å². The monoisotopic (exact) mass is 439 g/mol. The number of carbonyl (C=O) groups excluding carboxylic acids is 1. The molecular formula is C20H13N3O9. The van der Waals surface area contributed by atoms with Crippen LogP contribution in [-0.2, 0) is 11.3 Å². The van der Waals surface area contributed by atoms with E-state index in [0.29, 0.717) is 0 Å². The predicted octanol–water partition coefficient (Wildman–Crippen LogP) is 4.56. The Morgan fingerprint density at radius 3 is 2.19 bits per heavy atom. The third-order valence-corrected chi connectivity index (χ3v) is 4.19. The average molecular weight is 439 g/mol. The number of esters is 1. The second kappa shape index (κ2) is 9.30. The summed E-state index contributed by atoms with van der Waals surface area (Å²) in [6.07, 6.45) is 0. The zero-order valence-electron chi connectivity index (χ0n) is 16.1. The molecule has 12 heteroatoms. The Balaban J connectivity index is 1.77. The highest BCUT2D eigenvalue weighted by atomic mass is 16.6. The van der Waals surface area contributed by atoms with Gasteiger partial charge in [-0.3, -0.25) is 30.3 Å². The van der Waals surface area contributed by atoms with Crippen LogP contribution in [0.2, 0.25) is 0 Å². The van der Waals surface area contributed by atoms with Crippen LogP contribution < -0.4 is 4.74 Å². The Bertz CT molecular complexity index is 1230. The Labute approximate surface area is 179 Å². The zero-order valence-corrected chi connectivity index (χ0v) is 16.1. The van der Waals surface area contributed by atoms with E-state index in [1.807, 2.05) is 0 Å². The van der Waals surface area contributed by atoms with E-state index in [1.165, 1.54) is 42.5 Å². The molecule has 0 N–H and O–H groups in total. The molecular weight excluding hydrogens is 426 g/mol. The summed E-state index contributed by atoms with van der Waals surface area (Å²) in [5.41, 5.74) is -1.05. The minimum Gasteiger partial charge on any atom is -0.457 e. The van der Waals surface area contributed by atoms with Crippen molar-refractivity contribution in [1.82, 2.24) is 0 Å². The number of nitro benzene ring substituents is 3. The van der Waals surface area contributed by atoms with Crippen molar-refractivity contribution in [3.8, 4) is 11.5 Å². The van der Waals surface area contributed by atoms with E-state index >= 15 is 0 Å². The smallest absolute Gasteiger partial charge is 0.338 e. The summed E-state index contributed by atoms with van der Waals surface area (Å²) in [6.45, 7) is -0.338. The second-order valence-electron chi connectivity index (χ2n) is 6.26. The normalized spacial score (nSPS) is 10.2. The molecule has 162 valence electrons. The van der Waals surface area contributed by atoms with Gasteiger partial charge in [-0.25, -0.2) is 4.79 Å². The summed E-state index contributed by atoms with van der Waals surface area (Å²) in [7, 11) is 0. The maximum atomic E-state index is 12.4. The quantitative estimate of drug-likeness (QED) is 0.278. The molecule has 0 aliphatic carbocycles. The standard InChI is InChI=1S/C20H13N3O9/c24-20(31-12-14-4-1-2-7-17(14)22(27)28)13-5-3-6-16(10-13)32-19-9-8-15(21(25)26)11-18(19)23(29)30/h1-11H,12H2. The highest BCUT2D eigenvalue weighted by Gasteiger charge is 2.22. The Morgan fingerprint density at radius 2 is 1.50 bits per heavy atom. The Hall–Kier alpha value is -4.87. The third kappa shape index (κ3) is 4.99. The van der Waals surface area contributed by atoms with E-state index in [-0.39, 0.29) is 34.9 Å². The van der Waals surface area contributed by atoms with Gasteiger partial charge in [0.1, 0.15) is 12.4 Å². The lowest BCUT2D eigenvalue weighted by Crippen LogP contribution is -2.06. The highest BCUT2D eigenvalue weighted by molar-refractivity contribution is 5.89. The number of hydrogen-bond acceptors (Lipinski definition) is 9. The van der Waals surface area contributed by atoms with Crippen LogP contribution in [0.5, 0.6) is 11.5 Å². The minimum absolute atomic E-state index is 0.0330. The van der Waals surface area contributed by atoms with Crippen molar-refractivity contribution in [2.45, 2.75) is 6.61 Å². The maximum absolute atomic E-state index is 12.4. The zero-order chi connectivity index (χ0) is 23.3. The van der Waals surface area contributed by atoms with Crippen molar-refractivity contribution in [2.75, 3.05) is 0 Å². The van der Waals surface area contributed by atoms with Crippen LogP contribution in [0.4, 0.5) is 17.1 Å². The molecule has 0 heterocycles. The van der Waals surface area contributed by atoms with Crippen molar-refractivity contribution in [3.63, 3.8) is 0 Å². The summed E-state index contributed by atoms with van der Waals surface area (Å²) < 4.78 is 10.6. The SMILES string of the molecule is O=C(OCc1ccccc1[N+](=O)[O-])c1cccc(Oc2ccc([N+](=O)[O-])cc2[N+](=O)[O-])c1. The third-order valence-electron chi connectivity index (χ3n) is 4.19. The molecule has 0 aliphatic heterocycles. The first-order valence-corrected chi connectivity index (χ1v) is 8.86. The average Bonchev–Trinajstić information content (AvgIpc) is 2.77. The van der Waals surface area contributed by atoms with Crippen LogP contribution >= 0.6 is 0 Å². The van der Waals surface area contributed by atoms with Crippen molar-refractivity contribution < 1.29 is 29.0 Å². The van der Waals surface area contributed by atoms with Crippen LogP contribution in [0.25, 0.3) is 0 Å². The fourth-order valence-electron chi connectivity index (χ4n) is 2.70. The van der Waals surface area contributed by atoms with Crippen LogP contribution in [0.1, 0.15) is 15.9 Å². The first-order chi connectivity index (χ1) is 15.3. The molecule has 0 saturated carbocycles. The molecule has 3 aromatic carbocycles. The number of nitrogens with zero attached hydrogens (tertiary/aromatic N) is 3. The van der Waals surface area contributed by atoms with E-state index in [0.717, 1.165) is 18.2 Å². The van der Waals surface area contributed by atoms with Gasteiger partial charge in [0.2, 0.25) is 5.75 Å². The molecule has 0 aromatic heterocycles. The molecule has 12 nitrogen and oxygen atoms in total. The van der Waals surface area contributed by atoms with Crippen LogP contribution in [-0.4, -0.2) is 20.7 Å². The molecule has 32 heavy (non-hydrogen) atoms. The number of rotatable bonds is 8. The molecule has 0 aliphatic rings. The number of nitro groups is 3. The summed E-state index contributed by atoms with van der Waals surface area (Å²) >= 11 is 0. The molecule has 3 aromatic rings. The summed E-state index contributed by atoms with van der Waals surface area (Å²) in [5, 5.41) is 33.1. The van der Waals surface area contributed by atoms with Crippen LogP contribution in [0.3, 0.4) is 0 Å². The predicted molar refractivity (Wildman–Crippen MR) is 108 cm³/mol. The second-order valence-corrected chi connectivity index (χ2v) is 6.26. The molecule has 0 unspecified atom stereocenters. The first kappa shape index (κ1) is 21.8. The molecule has 0 radical (unpaired) electrons. The number of non-ortho nitro benzene ring substituents is 1. The van der Waals surface area contributed by atoms with E-state index in [4.69, 9.17) is 9.47 Å². The molecule has 0 bridgehead atoms. The van der Waals surface area contributed by atoms with Crippen molar-refractivity contribution in [3.05, 3.63) is 108 Å². The fraction of sp³-hybridized carbons (Fsp3) is 0.0500. The summed E-state index contributed by atoms with van der Waals surface area (Å²) in [4.78, 5) is 43.3. The van der Waals surface area contributed by atoms with E-state index < -0.39 is 32.1 Å². The van der Waals surface area contributed by atoms with E-state index in [2.05, 4.69) is 0 Å². The summed E-state index contributed by atoms with van der Waals surface area (Å²) in [5.74, 6) is -1.01. The maximum Gasteiger partial charge on any atom is 0.338 e. The summed E-state index contributed by atoms with van der Waals surface area (Å²) in [6, 6.07) is 14.2.